The third kappa shape index (κ3) is 3.37. The summed E-state index contributed by atoms with van der Waals surface area (Å²) in [5, 5.41) is 0. The van der Waals surface area contributed by atoms with E-state index >= 15 is 0 Å². The fourth-order valence-electron chi connectivity index (χ4n) is 4.48. The van der Waals surface area contributed by atoms with Crippen molar-refractivity contribution in [2.75, 3.05) is 13.6 Å². The standard InChI is InChI=1S/C22H29N5/c1-16-8-7-14-24-21(16)17-9-5-10-18(26(17)2)22-19(11-6-13-23)27-15-4-3-12-20(27)25-22/h3-4,7-8,12,14-15,17-18H,5-6,9-11,13,23H2,1-2H3/t17-,18+/m0/s1. The summed E-state index contributed by atoms with van der Waals surface area (Å²) in [6.07, 6.45) is 9.47. The summed E-state index contributed by atoms with van der Waals surface area (Å²) in [6.45, 7) is 2.87. The van der Waals surface area contributed by atoms with E-state index in [0.717, 1.165) is 31.3 Å². The number of nitrogens with zero attached hydrogens (tertiary/aromatic N) is 4. The van der Waals surface area contributed by atoms with E-state index in [1.54, 1.807) is 0 Å². The number of aryl methyl sites for hydroxylation is 2. The number of fused-ring (bicyclic) bond motifs is 1. The van der Waals surface area contributed by atoms with Crippen LogP contribution in [0.1, 0.15) is 60.4 Å². The molecule has 27 heavy (non-hydrogen) atoms. The summed E-state index contributed by atoms with van der Waals surface area (Å²) >= 11 is 0. The number of likely N-dealkylation sites (tertiary alicyclic amines) is 1. The van der Waals surface area contributed by atoms with Gasteiger partial charge in [0.15, 0.2) is 0 Å². The summed E-state index contributed by atoms with van der Waals surface area (Å²) < 4.78 is 2.24. The molecule has 0 saturated carbocycles. The summed E-state index contributed by atoms with van der Waals surface area (Å²) in [5.41, 5.74) is 11.8. The number of hydrogen-bond acceptors (Lipinski definition) is 4. The number of rotatable bonds is 5. The molecule has 0 radical (unpaired) electrons. The maximum absolute atomic E-state index is 5.81. The molecule has 1 saturated heterocycles. The SMILES string of the molecule is Cc1cccnc1[C@@H]1CCC[C@H](c2nc3ccccn3c2CCCN)N1C. The van der Waals surface area contributed by atoms with E-state index in [4.69, 9.17) is 15.7 Å². The molecule has 1 aliphatic rings. The molecule has 5 heteroatoms. The number of piperidine rings is 1. The van der Waals surface area contributed by atoms with Crippen molar-refractivity contribution in [2.24, 2.45) is 5.73 Å². The molecule has 5 nitrogen and oxygen atoms in total. The topological polar surface area (TPSA) is 59.5 Å². The zero-order valence-electron chi connectivity index (χ0n) is 16.3. The minimum atomic E-state index is 0.317. The van der Waals surface area contributed by atoms with Crippen molar-refractivity contribution in [1.82, 2.24) is 19.3 Å². The predicted octanol–water partition coefficient (Wildman–Crippen LogP) is 3.83. The van der Waals surface area contributed by atoms with Gasteiger partial charge in [-0.3, -0.25) is 9.88 Å². The lowest BCUT2D eigenvalue weighted by molar-refractivity contribution is 0.108. The lowest BCUT2D eigenvalue weighted by Gasteiger charge is -2.39. The lowest BCUT2D eigenvalue weighted by Crippen LogP contribution is -2.34. The van der Waals surface area contributed by atoms with E-state index in [0.29, 0.717) is 18.6 Å². The average Bonchev–Trinajstić information content (AvgIpc) is 3.05. The molecule has 4 rings (SSSR count). The largest absolute Gasteiger partial charge is 0.330 e. The highest BCUT2D eigenvalue weighted by Crippen LogP contribution is 2.41. The van der Waals surface area contributed by atoms with E-state index in [1.807, 2.05) is 12.3 Å². The Morgan fingerprint density at radius 2 is 1.93 bits per heavy atom. The first-order valence-corrected chi connectivity index (χ1v) is 10.00. The number of nitrogens with two attached hydrogens (primary N) is 1. The van der Waals surface area contributed by atoms with Crippen LogP contribution < -0.4 is 5.73 Å². The van der Waals surface area contributed by atoms with Gasteiger partial charge in [-0.1, -0.05) is 12.1 Å². The highest BCUT2D eigenvalue weighted by atomic mass is 15.2. The van der Waals surface area contributed by atoms with Crippen LogP contribution in [0, 0.1) is 6.92 Å². The maximum Gasteiger partial charge on any atom is 0.137 e. The Hall–Kier alpha value is -2.24. The van der Waals surface area contributed by atoms with Gasteiger partial charge in [0.05, 0.1) is 23.5 Å². The molecule has 0 bridgehead atoms. The van der Waals surface area contributed by atoms with Crippen molar-refractivity contribution in [2.45, 2.75) is 51.1 Å². The van der Waals surface area contributed by atoms with E-state index in [-0.39, 0.29) is 0 Å². The third-order valence-corrected chi connectivity index (χ3v) is 5.90. The zero-order valence-corrected chi connectivity index (χ0v) is 16.3. The Bertz CT molecular complexity index is 916. The maximum atomic E-state index is 5.81. The van der Waals surface area contributed by atoms with Crippen LogP contribution >= 0.6 is 0 Å². The lowest BCUT2D eigenvalue weighted by atomic mass is 9.90. The van der Waals surface area contributed by atoms with Gasteiger partial charge >= 0.3 is 0 Å². The second-order valence-corrected chi connectivity index (χ2v) is 7.60. The van der Waals surface area contributed by atoms with Crippen LogP contribution in [0.25, 0.3) is 5.65 Å². The highest BCUT2D eigenvalue weighted by molar-refractivity contribution is 5.44. The summed E-state index contributed by atoms with van der Waals surface area (Å²) in [7, 11) is 2.24. The van der Waals surface area contributed by atoms with Crippen LogP contribution in [-0.4, -0.2) is 32.9 Å². The first-order valence-electron chi connectivity index (χ1n) is 10.00. The number of hydrogen-bond donors (Lipinski definition) is 1. The number of imidazole rings is 1. The van der Waals surface area contributed by atoms with Crippen LogP contribution in [0.2, 0.25) is 0 Å². The minimum absolute atomic E-state index is 0.317. The van der Waals surface area contributed by atoms with Crippen molar-refractivity contribution < 1.29 is 0 Å². The summed E-state index contributed by atoms with van der Waals surface area (Å²) in [5.74, 6) is 0. The average molecular weight is 364 g/mol. The van der Waals surface area contributed by atoms with Gasteiger partial charge in [-0.05, 0) is 76.4 Å². The highest BCUT2D eigenvalue weighted by Gasteiger charge is 2.34. The molecular formula is C22H29N5. The van der Waals surface area contributed by atoms with Crippen molar-refractivity contribution in [3.63, 3.8) is 0 Å². The van der Waals surface area contributed by atoms with Gasteiger partial charge in [0.2, 0.25) is 0 Å². The number of pyridine rings is 2. The van der Waals surface area contributed by atoms with Crippen LogP contribution in [0.4, 0.5) is 0 Å². The van der Waals surface area contributed by atoms with Crippen molar-refractivity contribution in [3.05, 3.63) is 65.4 Å². The number of aromatic nitrogens is 3. The molecule has 3 aromatic heterocycles. The second kappa shape index (κ2) is 7.79. The molecule has 2 atom stereocenters. The van der Waals surface area contributed by atoms with Crippen molar-refractivity contribution in [3.8, 4) is 0 Å². The molecule has 3 aromatic rings. The normalized spacial score (nSPS) is 21.0. The molecule has 0 aliphatic carbocycles. The smallest absolute Gasteiger partial charge is 0.137 e. The Balaban J connectivity index is 1.73. The van der Waals surface area contributed by atoms with Crippen molar-refractivity contribution >= 4 is 5.65 Å². The Morgan fingerprint density at radius 3 is 2.70 bits per heavy atom. The van der Waals surface area contributed by atoms with E-state index in [1.165, 1.54) is 29.1 Å². The van der Waals surface area contributed by atoms with Crippen molar-refractivity contribution in [1.29, 1.82) is 0 Å². The molecule has 0 unspecified atom stereocenters. The molecular weight excluding hydrogens is 334 g/mol. The van der Waals surface area contributed by atoms with Crippen LogP contribution in [0.15, 0.2) is 42.7 Å². The molecule has 1 fully saturated rings. The fraction of sp³-hybridized carbons (Fsp3) is 0.455. The molecule has 0 amide bonds. The van der Waals surface area contributed by atoms with E-state index in [9.17, 15) is 0 Å². The van der Waals surface area contributed by atoms with Gasteiger partial charge in [0.1, 0.15) is 5.65 Å². The first-order chi connectivity index (χ1) is 13.2. The van der Waals surface area contributed by atoms with E-state index in [2.05, 4.69) is 53.7 Å². The summed E-state index contributed by atoms with van der Waals surface area (Å²) in [6, 6.07) is 11.1. The Kier molecular flexibility index (Phi) is 5.23. The van der Waals surface area contributed by atoms with Crippen LogP contribution in [0.5, 0.6) is 0 Å². The van der Waals surface area contributed by atoms with Gasteiger partial charge in [0.25, 0.3) is 0 Å². The second-order valence-electron chi connectivity index (χ2n) is 7.60. The van der Waals surface area contributed by atoms with E-state index < -0.39 is 0 Å². The third-order valence-electron chi connectivity index (χ3n) is 5.90. The minimum Gasteiger partial charge on any atom is -0.330 e. The molecule has 0 spiro atoms. The van der Waals surface area contributed by atoms with Crippen LogP contribution in [-0.2, 0) is 6.42 Å². The van der Waals surface area contributed by atoms with Crippen LogP contribution in [0.3, 0.4) is 0 Å². The van der Waals surface area contributed by atoms with Gasteiger partial charge in [-0.25, -0.2) is 4.98 Å². The van der Waals surface area contributed by atoms with Gasteiger partial charge in [0, 0.05) is 18.1 Å². The molecule has 142 valence electrons. The molecule has 2 N–H and O–H groups in total. The zero-order chi connectivity index (χ0) is 18.8. The van der Waals surface area contributed by atoms with Gasteiger partial charge < -0.3 is 10.1 Å². The summed E-state index contributed by atoms with van der Waals surface area (Å²) in [4.78, 5) is 12.3. The molecule has 4 heterocycles. The molecule has 0 aromatic carbocycles. The Labute approximate surface area is 161 Å². The van der Waals surface area contributed by atoms with Gasteiger partial charge in [-0.15, -0.1) is 0 Å². The first kappa shape index (κ1) is 18.1. The molecule has 1 aliphatic heterocycles. The fourth-order valence-corrected chi connectivity index (χ4v) is 4.48. The quantitative estimate of drug-likeness (QED) is 0.748. The monoisotopic (exact) mass is 363 g/mol. The van der Waals surface area contributed by atoms with Gasteiger partial charge in [-0.2, -0.15) is 0 Å². The Morgan fingerprint density at radius 1 is 1.11 bits per heavy atom. The predicted molar refractivity (Wildman–Crippen MR) is 109 cm³/mol.